The lowest BCUT2D eigenvalue weighted by Crippen LogP contribution is -2.13. The van der Waals surface area contributed by atoms with Crippen molar-refractivity contribution >= 4 is 6.08 Å². The molecule has 0 N–H and O–H groups in total. The van der Waals surface area contributed by atoms with Crippen LogP contribution < -0.4 is 0 Å². The van der Waals surface area contributed by atoms with Crippen LogP contribution in [-0.2, 0) is 12.8 Å². The minimum absolute atomic E-state index is 0.613. The topological polar surface area (TPSA) is 0 Å². The van der Waals surface area contributed by atoms with Crippen molar-refractivity contribution in [3.05, 3.63) is 64.3 Å². The maximum absolute atomic E-state index is 2.39. The molecule has 0 saturated heterocycles. The van der Waals surface area contributed by atoms with E-state index in [0.29, 0.717) is 5.92 Å². The van der Waals surface area contributed by atoms with E-state index in [-0.39, 0.29) is 0 Å². The third-order valence-electron chi connectivity index (χ3n) is 4.63. The van der Waals surface area contributed by atoms with Gasteiger partial charge in [0.05, 0.1) is 0 Å². The molecule has 0 aliphatic heterocycles. The molecule has 4 rings (SSSR count). The second-order valence-corrected chi connectivity index (χ2v) is 5.63. The van der Waals surface area contributed by atoms with Crippen molar-refractivity contribution in [3.63, 3.8) is 0 Å². The van der Waals surface area contributed by atoms with Crippen molar-refractivity contribution in [2.45, 2.75) is 38.0 Å². The molecule has 0 saturated carbocycles. The summed E-state index contributed by atoms with van der Waals surface area (Å²) in [6.45, 7) is 0. The molecule has 0 radical (unpaired) electrons. The number of allylic oxidation sites excluding steroid dienone is 5. The van der Waals surface area contributed by atoms with Crippen LogP contribution in [-0.4, -0.2) is 0 Å². The van der Waals surface area contributed by atoms with Gasteiger partial charge < -0.3 is 0 Å². The summed E-state index contributed by atoms with van der Waals surface area (Å²) >= 11 is 0. The Balaban J connectivity index is 1.90. The molecule has 0 bridgehead atoms. The van der Waals surface area contributed by atoms with Crippen LogP contribution in [0.2, 0.25) is 0 Å². The monoisotopic (exact) mass is 234 g/mol. The maximum Gasteiger partial charge on any atom is 0.0130 e. The molecular weight excluding hydrogens is 216 g/mol. The van der Waals surface area contributed by atoms with Gasteiger partial charge in [-0.2, -0.15) is 0 Å². The molecule has 0 fully saturated rings. The number of rotatable bonds is 0. The average molecular weight is 234 g/mol. The molecule has 1 aromatic rings. The summed E-state index contributed by atoms with van der Waals surface area (Å²) in [5.74, 6) is 0.613. The van der Waals surface area contributed by atoms with Crippen LogP contribution in [0.15, 0.2) is 42.0 Å². The van der Waals surface area contributed by atoms with Gasteiger partial charge in [0, 0.05) is 5.92 Å². The zero-order valence-electron chi connectivity index (χ0n) is 10.7. The van der Waals surface area contributed by atoms with Crippen LogP contribution >= 0.6 is 0 Å². The standard InChI is InChI=1S/C18H18/c1-3-7-15-13(5-1)9-11-18-16-8-4-2-6-14(16)10-12-17(15)18/h1,3,5,9-12,15H,2,4,6-8H2. The van der Waals surface area contributed by atoms with Crippen LogP contribution in [0.25, 0.3) is 6.08 Å². The van der Waals surface area contributed by atoms with Crippen molar-refractivity contribution in [3.8, 4) is 0 Å². The summed E-state index contributed by atoms with van der Waals surface area (Å²) in [4.78, 5) is 0. The summed E-state index contributed by atoms with van der Waals surface area (Å²) in [5, 5.41) is 0. The van der Waals surface area contributed by atoms with Gasteiger partial charge in [-0.05, 0) is 59.9 Å². The lowest BCUT2D eigenvalue weighted by atomic mass is 9.75. The SMILES string of the molecule is C1=CCC2C(=C1)C=Cc1c2ccc2c1CCCC2. The first-order valence-electron chi connectivity index (χ1n) is 7.13. The molecule has 0 heterocycles. The number of hydrogen-bond acceptors (Lipinski definition) is 0. The number of aryl methyl sites for hydroxylation is 1. The lowest BCUT2D eigenvalue weighted by Gasteiger charge is -2.29. The van der Waals surface area contributed by atoms with Gasteiger partial charge in [-0.25, -0.2) is 0 Å². The van der Waals surface area contributed by atoms with E-state index in [4.69, 9.17) is 0 Å². The van der Waals surface area contributed by atoms with Gasteiger partial charge >= 0.3 is 0 Å². The summed E-state index contributed by atoms with van der Waals surface area (Å²) in [5.41, 5.74) is 7.84. The van der Waals surface area contributed by atoms with Crippen molar-refractivity contribution in [2.75, 3.05) is 0 Å². The van der Waals surface area contributed by atoms with Crippen LogP contribution in [0.3, 0.4) is 0 Å². The largest absolute Gasteiger partial charge is 0.0836 e. The second-order valence-electron chi connectivity index (χ2n) is 5.63. The molecule has 0 nitrogen and oxygen atoms in total. The Labute approximate surface area is 109 Å². The van der Waals surface area contributed by atoms with Crippen molar-refractivity contribution < 1.29 is 0 Å². The number of benzene rings is 1. The molecular formula is C18H18. The van der Waals surface area contributed by atoms with Crippen molar-refractivity contribution in [1.82, 2.24) is 0 Å². The minimum Gasteiger partial charge on any atom is -0.0836 e. The third-order valence-corrected chi connectivity index (χ3v) is 4.63. The highest BCUT2D eigenvalue weighted by atomic mass is 14.3. The van der Waals surface area contributed by atoms with Crippen LogP contribution in [0.4, 0.5) is 0 Å². The summed E-state index contributed by atoms with van der Waals surface area (Å²) < 4.78 is 0. The van der Waals surface area contributed by atoms with E-state index >= 15 is 0 Å². The predicted molar refractivity (Wildman–Crippen MR) is 76.7 cm³/mol. The fourth-order valence-corrected chi connectivity index (χ4v) is 3.68. The van der Waals surface area contributed by atoms with E-state index in [1.54, 1.807) is 22.3 Å². The normalized spacial score (nSPS) is 24.0. The summed E-state index contributed by atoms with van der Waals surface area (Å²) in [7, 11) is 0. The van der Waals surface area contributed by atoms with Gasteiger partial charge in [0.25, 0.3) is 0 Å². The fourth-order valence-electron chi connectivity index (χ4n) is 3.68. The highest BCUT2D eigenvalue weighted by Gasteiger charge is 2.24. The van der Waals surface area contributed by atoms with E-state index in [9.17, 15) is 0 Å². The van der Waals surface area contributed by atoms with Gasteiger partial charge in [-0.1, -0.05) is 42.5 Å². The van der Waals surface area contributed by atoms with Crippen LogP contribution in [0.1, 0.15) is 47.4 Å². The zero-order chi connectivity index (χ0) is 11.9. The predicted octanol–water partition coefficient (Wildman–Crippen LogP) is 4.56. The number of hydrogen-bond donors (Lipinski definition) is 0. The van der Waals surface area contributed by atoms with Gasteiger partial charge in [0.2, 0.25) is 0 Å². The van der Waals surface area contributed by atoms with E-state index in [0.717, 1.165) is 0 Å². The lowest BCUT2D eigenvalue weighted by molar-refractivity contribution is 0.679. The third kappa shape index (κ3) is 1.45. The molecule has 0 spiro atoms. The highest BCUT2D eigenvalue weighted by molar-refractivity contribution is 5.69. The second kappa shape index (κ2) is 3.98. The molecule has 1 atom stereocenters. The first-order valence-corrected chi connectivity index (χ1v) is 7.13. The molecule has 0 aromatic heterocycles. The van der Waals surface area contributed by atoms with Crippen molar-refractivity contribution in [1.29, 1.82) is 0 Å². The van der Waals surface area contributed by atoms with E-state index in [1.165, 1.54) is 37.7 Å². The molecule has 1 unspecified atom stereocenters. The molecule has 1 aromatic carbocycles. The molecule has 0 amide bonds. The van der Waals surface area contributed by atoms with Crippen LogP contribution in [0.5, 0.6) is 0 Å². The van der Waals surface area contributed by atoms with Gasteiger partial charge in [0.15, 0.2) is 0 Å². The minimum atomic E-state index is 0.613. The zero-order valence-corrected chi connectivity index (χ0v) is 10.7. The molecule has 18 heavy (non-hydrogen) atoms. The molecule has 90 valence electrons. The summed E-state index contributed by atoms with van der Waals surface area (Å²) in [6, 6.07) is 4.78. The van der Waals surface area contributed by atoms with Crippen molar-refractivity contribution in [2.24, 2.45) is 0 Å². The van der Waals surface area contributed by atoms with E-state index in [2.05, 4.69) is 42.5 Å². The smallest absolute Gasteiger partial charge is 0.0130 e. The van der Waals surface area contributed by atoms with E-state index in [1.807, 2.05) is 0 Å². The Morgan fingerprint density at radius 3 is 2.94 bits per heavy atom. The Morgan fingerprint density at radius 1 is 1.00 bits per heavy atom. The Morgan fingerprint density at radius 2 is 1.94 bits per heavy atom. The maximum atomic E-state index is 2.39. The number of fused-ring (bicyclic) bond motifs is 5. The Hall–Kier alpha value is -1.56. The Bertz CT molecular complexity index is 584. The molecule has 3 aliphatic carbocycles. The first-order chi connectivity index (χ1) is 8.93. The summed E-state index contributed by atoms with van der Waals surface area (Å²) in [6.07, 6.45) is 17.9. The molecule has 0 heteroatoms. The highest BCUT2D eigenvalue weighted by Crippen LogP contribution is 2.41. The quantitative estimate of drug-likeness (QED) is 0.617. The average Bonchev–Trinajstić information content (AvgIpc) is 2.46. The van der Waals surface area contributed by atoms with Gasteiger partial charge in [-0.3, -0.25) is 0 Å². The fraction of sp³-hybridized carbons (Fsp3) is 0.333. The Kier molecular flexibility index (Phi) is 2.29. The molecule has 3 aliphatic rings. The van der Waals surface area contributed by atoms with Gasteiger partial charge in [0.1, 0.15) is 0 Å². The van der Waals surface area contributed by atoms with E-state index < -0.39 is 0 Å². The van der Waals surface area contributed by atoms with Gasteiger partial charge in [-0.15, -0.1) is 0 Å². The van der Waals surface area contributed by atoms with Crippen LogP contribution in [0, 0.1) is 0 Å². The first kappa shape index (κ1) is 10.4.